The van der Waals surface area contributed by atoms with Gasteiger partial charge in [0.05, 0.1) is 0 Å². The van der Waals surface area contributed by atoms with Crippen molar-refractivity contribution in [1.29, 1.82) is 0 Å². The fraction of sp³-hybridized carbons (Fsp3) is 0.923. The van der Waals surface area contributed by atoms with Crippen LogP contribution in [0.4, 0.5) is 0 Å². The van der Waals surface area contributed by atoms with Crippen molar-refractivity contribution in [1.82, 2.24) is 15.5 Å². The van der Waals surface area contributed by atoms with Crippen LogP contribution < -0.4 is 10.6 Å². The van der Waals surface area contributed by atoms with Gasteiger partial charge in [-0.1, -0.05) is 0 Å². The molecule has 0 aromatic heterocycles. The first-order valence-corrected chi connectivity index (χ1v) is 6.95. The smallest absolute Gasteiger partial charge is 0.220 e. The van der Waals surface area contributed by atoms with E-state index in [0.29, 0.717) is 18.5 Å². The van der Waals surface area contributed by atoms with Gasteiger partial charge in [-0.3, -0.25) is 4.79 Å². The first kappa shape index (κ1) is 12.8. The average Bonchev–Trinajstić information content (AvgIpc) is 2.83. The van der Waals surface area contributed by atoms with E-state index < -0.39 is 0 Å². The Morgan fingerprint density at radius 3 is 2.76 bits per heavy atom. The molecule has 1 atom stereocenters. The minimum Gasteiger partial charge on any atom is -0.353 e. The second-order valence-corrected chi connectivity index (χ2v) is 5.48. The van der Waals surface area contributed by atoms with Crippen molar-refractivity contribution in [2.24, 2.45) is 0 Å². The fourth-order valence-electron chi connectivity index (χ4n) is 2.76. The first-order chi connectivity index (χ1) is 8.24. The van der Waals surface area contributed by atoms with Crippen molar-refractivity contribution in [3.63, 3.8) is 0 Å². The second-order valence-electron chi connectivity index (χ2n) is 5.48. The molecule has 98 valence electrons. The summed E-state index contributed by atoms with van der Waals surface area (Å²) in [6.07, 6.45) is 6.39. The van der Waals surface area contributed by atoms with Crippen LogP contribution in [0, 0.1) is 0 Å². The third-order valence-electron chi connectivity index (χ3n) is 3.97. The Balaban J connectivity index is 1.60. The predicted molar refractivity (Wildman–Crippen MR) is 68.9 cm³/mol. The number of amides is 1. The number of hydrogen-bond donors (Lipinski definition) is 2. The van der Waals surface area contributed by atoms with Crippen LogP contribution in [0.5, 0.6) is 0 Å². The fourth-order valence-corrected chi connectivity index (χ4v) is 2.76. The number of likely N-dealkylation sites (tertiary alicyclic amines) is 1. The van der Waals surface area contributed by atoms with Gasteiger partial charge in [0.15, 0.2) is 0 Å². The van der Waals surface area contributed by atoms with Crippen LogP contribution in [-0.2, 0) is 4.79 Å². The van der Waals surface area contributed by atoms with Gasteiger partial charge in [0.1, 0.15) is 0 Å². The minimum atomic E-state index is 0.244. The van der Waals surface area contributed by atoms with Crippen molar-refractivity contribution in [3.8, 4) is 0 Å². The molecule has 0 spiro atoms. The summed E-state index contributed by atoms with van der Waals surface area (Å²) in [6, 6.07) is 0.994. The second kappa shape index (κ2) is 6.36. The molecule has 4 heteroatoms. The summed E-state index contributed by atoms with van der Waals surface area (Å²) < 4.78 is 0. The summed E-state index contributed by atoms with van der Waals surface area (Å²) >= 11 is 0. The molecule has 0 aliphatic carbocycles. The Morgan fingerprint density at radius 1 is 1.35 bits per heavy atom. The highest BCUT2D eigenvalue weighted by molar-refractivity contribution is 5.76. The Labute approximate surface area is 104 Å². The molecular formula is C13H25N3O. The van der Waals surface area contributed by atoms with E-state index in [-0.39, 0.29) is 5.91 Å². The van der Waals surface area contributed by atoms with Crippen molar-refractivity contribution >= 4 is 5.91 Å². The standard InChI is InChI=1S/C13H25N3O/c1-16-9-6-12(7-10-16)15-13(17)5-4-11-3-2-8-14-11/h11-12,14H,2-10H2,1H3,(H,15,17). The van der Waals surface area contributed by atoms with Gasteiger partial charge in [-0.2, -0.15) is 0 Å². The van der Waals surface area contributed by atoms with Crippen LogP contribution in [0.15, 0.2) is 0 Å². The van der Waals surface area contributed by atoms with Gasteiger partial charge < -0.3 is 15.5 Å². The number of piperidine rings is 1. The van der Waals surface area contributed by atoms with E-state index in [2.05, 4.69) is 22.6 Å². The van der Waals surface area contributed by atoms with Gasteiger partial charge in [-0.25, -0.2) is 0 Å². The van der Waals surface area contributed by atoms with Crippen LogP contribution >= 0.6 is 0 Å². The van der Waals surface area contributed by atoms with Crippen LogP contribution in [0.3, 0.4) is 0 Å². The zero-order chi connectivity index (χ0) is 12.1. The van der Waals surface area contributed by atoms with Crippen LogP contribution in [-0.4, -0.2) is 49.6 Å². The maximum atomic E-state index is 11.8. The van der Waals surface area contributed by atoms with E-state index in [0.717, 1.165) is 38.9 Å². The van der Waals surface area contributed by atoms with Crippen LogP contribution in [0.25, 0.3) is 0 Å². The van der Waals surface area contributed by atoms with E-state index in [1.54, 1.807) is 0 Å². The highest BCUT2D eigenvalue weighted by atomic mass is 16.1. The quantitative estimate of drug-likeness (QED) is 0.760. The van der Waals surface area contributed by atoms with E-state index in [1.807, 2.05) is 0 Å². The van der Waals surface area contributed by atoms with Crippen molar-refractivity contribution in [3.05, 3.63) is 0 Å². The molecule has 0 radical (unpaired) electrons. The molecule has 17 heavy (non-hydrogen) atoms. The summed E-state index contributed by atoms with van der Waals surface area (Å²) in [5, 5.41) is 6.60. The lowest BCUT2D eigenvalue weighted by Crippen LogP contribution is -2.43. The number of carbonyl (C=O) groups excluding carboxylic acids is 1. The maximum Gasteiger partial charge on any atom is 0.220 e. The van der Waals surface area contributed by atoms with Gasteiger partial charge in [0.25, 0.3) is 0 Å². The molecule has 1 amide bonds. The van der Waals surface area contributed by atoms with Gasteiger partial charge in [0, 0.05) is 18.5 Å². The summed E-state index contributed by atoms with van der Waals surface area (Å²) in [6.45, 7) is 3.34. The maximum absolute atomic E-state index is 11.8. The van der Waals surface area contributed by atoms with Gasteiger partial charge >= 0.3 is 0 Å². The molecule has 0 aromatic rings. The normalized spacial score (nSPS) is 27.2. The molecular weight excluding hydrogens is 214 g/mol. The third-order valence-corrected chi connectivity index (χ3v) is 3.97. The van der Waals surface area contributed by atoms with Gasteiger partial charge in [-0.15, -0.1) is 0 Å². The lowest BCUT2D eigenvalue weighted by Gasteiger charge is -2.29. The number of nitrogens with one attached hydrogen (secondary N) is 2. The summed E-state index contributed by atoms with van der Waals surface area (Å²) in [5.74, 6) is 0.244. The number of carbonyl (C=O) groups is 1. The lowest BCUT2D eigenvalue weighted by atomic mass is 10.0. The van der Waals surface area contributed by atoms with Crippen molar-refractivity contribution in [2.45, 2.75) is 50.6 Å². The Bertz CT molecular complexity index is 243. The molecule has 0 bridgehead atoms. The molecule has 2 rings (SSSR count). The SMILES string of the molecule is CN1CCC(NC(=O)CCC2CCCN2)CC1. The molecule has 2 N–H and O–H groups in total. The Hall–Kier alpha value is -0.610. The first-order valence-electron chi connectivity index (χ1n) is 6.95. The molecule has 2 aliphatic rings. The number of nitrogens with zero attached hydrogens (tertiary/aromatic N) is 1. The molecule has 2 aliphatic heterocycles. The van der Waals surface area contributed by atoms with E-state index >= 15 is 0 Å². The molecule has 2 fully saturated rings. The average molecular weight is 239 g/mol. The third kappa shape index (κ3) is 4.28. The monoisotopic (exact) mass is 239 g/mol. The predicted octanol–water partition coefficient (Wildman–Crippen LogP) is 0.729. The highest BCUT2D eigenvalue weighted by Crippen LogP contribution is 2.12. The summed E-state index contributed by atoms with van der Waals surface area (Å²) in [7, 11) is 2.14. The van der Waals surface area contributed by atoms with Crippen LogP contribution in [0.2, 0.25) is 0 Å². The molecule has 0 aromatic carbocycles. The molecule has 1 unspecified atom stereocenters. The topological polar surface area (TPSA) is 44.4 Å². The van der Waals surface area contributed by atoms with Gasteiger partial charge in [-0.05, 0) is 58.8 Å². The Morgan fingerprint density at radius 2 is 2.12 bits per heavy atom. The molecule has 4 nitrogen and oxygen atoms in total. The molecule has 2 saturated heterocycles. The molecule has 2 heterocycles. The Kier molecular flexibility index (Phi) is 4.80. The largest absolute Gasteiger partial charge is 0.353 e. The minimum absolute atomic E-state index is 0.244. The van der Waals surface area contributed by atoms with E-state index in [4.69, 9.17) is 0 Å². The number of rotatable bonds is 4. The van der Waals surface area contributed by atoms with Gasteiger partial charge in [0.2, 0.25) is 5.91 Å². The van der Waals surface area contributed by atoms with E-state index in [1.165, 1.54) is 12.8 Å². The molecule has 0 saturated carbocycles. The van der Waals surface area contributed by atoms with E-state index in [9.17, 15) is 4.79 Å². The summed E-state index contributed by atoms with van der Waals surface area (Å²) in [4.78, 5) is 14.1. The van der Waals surface area contributed by atoms with Crippen molar-refractivity contribution in [2.75, 3.05) is 26.7 Å². The number of hydrogen-bond acceptors (Lipinski definition) is 3. The van der Waals surface area contributed by atoms with Crippen LogP contribution in [0.1, 0.15) is 38.5 Å². The lowest BCUT2D eigenvalue weighted by molar-refractivity contribution is -0.122. The van der Waals surface area contributed by atoms with Crippen molar-refractivity contribution < 1.29 is 4.79 Å². The zero-order valence-corrected chi connectivity index (χ0v) is 10.9. The summed E-state index contributed by atoms with van der Waals surface area (Å²) in [5.41, 5.74) is 0. The zero-order valence-electron chi connectivity index (χ0n) is 10.9. The highest BCUT2D eigenvalue weighted by Gasteiger charge is 2.19.